The zero-order valence-electron chi connectivity index (χ0n) is 15.1. The van der Waals surface area contributed by atoms with Gasteiger partial charge < -0.3 is 14.8 Å². The van der Waals surface area contributed by atoms with Gasteiger partial charge in [0.15, 0.2) is 16.6 Å². The fraction of sp³-hybridized carbons (Fsp3) is 0.263. The normalized spacial score (nSPS) is 10.7. The minimum atomic E-state index is -0.318. The first kappa shape index (κ1) is 20.9. The Bertz CT molecular complexity index is 818. The van der Waals surface area contributed by atoms with Crippen molar-refractivity contribution in [3.63, 3.8) is 0 Å². The first-order valence-corrected chi connectivity index (χ1v) is 9.22. The van der Waals surface area contributed by atoms with Crippen molar-refractivity contribution in [2.24, 2.45) is 5.10 Å². The van der Waals surface area contributed by atoms with Crippen LogP contribution in [0.2, 0.25) is 5.02 Å². The van der Waals surface area contributed by atoms with E-state index in [0.29, 0.717) is 45.9 Å². The lowest BCUT2D eigenvalue weighted by Crippen LogP contribution is -2.31. The Kier molecular flexibility index (Phi) is 8.29. The summed E-state index contributed by atoms with van der Waals surface area (Å²) in [5, 5.41) is 7.79. The maximum Gasteiger partial charge on any atom is 0.186 e. The van der Waals surface area contributed by atoms with Crippen LogP contribution >= 0.6 is 23.8 Å². The highest BCUT2D eigenvalue weighted by Gasteiger charge is 2.12. The number of hydrazone groups is 1. The second-order valence-electron chi connectivity index (χ2n) is 5.41. The molecule has 2 aromatic carbocycles. The molecule has 2 aromatic rings. The predicted octanol–water partition coefficient (Wildman–Crippen LogP) is 4.27. The van der Waals surface area contributed by atoms with Crippen molar-refractivity contribution in [1.29, 1.82) is 0 Å². The number of hydrogen-bond acceptors (Lipinski definition) is 4. The summed E-state index contributed by atoms with van der Waals surface area (Å²) in [5.74, 6) is 0.565. The molecular weight excluding hydrogens is 389 g/mol. The van der Waals surface area contributed by atoms with Gasteiger partial charge in [-0.25, -0.2) is 4.39 Å². The van der Waals surface area contributed by atoms with Gasteiger partial charge >= 0.3 is 0 Å². The SMILES string of the molecule is CCNC(=S)NN=Cc1cc(Cl)c(OCc2cccc(F)c2)c(OCC)c1. The number of rotatable bonds is 8. The summed E-state index contributed by atoms with van der Waals surface area (Å²) in [7, 11) is 0. The molecule has 144 valence electrons. The lowest BCUT2D eigenvalue weighted by atomic mass is 10.2. The third-order valence-electron chi connectivity index (χ3n) is 3.32. The molecule has 0 saturated heterocycles. The van der Waals surface area contributed by atoms with E-state index in [4.69, 9.17) is 33.3 Å². The molecule has 0 amide bonds. The third kappa shape index (κ3) is 6.69. The summed E-state index contributed by atoms with van der Waals surface area (Å²) in [5.41, 5.74) is 4.12. The van der Waals surface area contributed by atoms with Gasteiger partial charge in [-0.3, -0.25) is 5.43 Å². The van der Waals surface area contributed by atoms with Gasteiger partial charge in [-0.05, 0) is 61.5 Å². The molecule has 0 bridgehead atoms. The number of ether oxygens (including phenoxy) is 2. The van der Waals surface area contributed by atoms with E-state index in [1.807, 2.05) is 13.8 Å². The summed E-state index contributed by atoms with van der Waals surface area (Å²) in [6.07, 6.45) is 1.58. The zero-order valence-corrected chi connectivity index (χ0v) is 16.7. The van der Waals surface area contributed by atoms with Crippen LogP contribution in [0.5, 0.6) is 11.5 Å². The van der Waals surface area contributed by atoms with Gasteiger partial charge in [-0.2, -0.15) is 5.10 Å². The Morgan fingerprint density at radius 1 is 1.26 bits per heavy atom. The van der Waals surface area contributed by atoms with Crippen LogP contribution in [-0.2, 0) is 6.61 Å². The van der Waals surface area contributed by atoms with Crippen molar-refractivity contribution in [2.45, 2.75) is 20.5 Å². The molecule has 2 N–H and O–H groups in total. The molecule has 0 heterocycles. The molecule has 0 fully saturated rings. The van der Waals surface area contributed by atoms with Gasteiger partial charge in [0.05, 0.1) is 17.8 Å². The molecule has 5 nitrogen and oxygen atoms in total. The Hall–Kier alpha value is -2.38. The number of thiocarbonyl (C=S) groups is 1. The molecule has 0 aromatic heterocycles. The fourth-order valence-electron chi connectivity index (χ4n) is 2.21. The molecule has 0 atom stereocenters. The summed E-state index contributed by atoms with van der Waals surface area (Å²) in [6.45, 7) is 5.12. The summed E-state index contributed by atoms with van der Waals surface area (Å²) in [6, 6.07) is 9.66. The number of halogens is 2. The molecule has 0 aliphatic heterocycles. The average Bonchev–Trinajstić information content (AvgIpc) is 2.61. The number of nitrogens with zero attached hydrogens (tertiary/aromatic N) is 1. The Morgan fingerprint density at radius 3 is 2.78 bits per heavy atom. The Labute approximate surface area is 168 Å². The van der Waals surface area contributed by atoms with Crippen molar-refractivity contribution in [2.75, 3.05) is 13.2 Å². The molecule has 0 saturated carbocycles. The maximum absolute atomic E-state index is 13.3. The quantitative estimate of drug-likeness (QED) is 0.387. The molecule has 2 rings (SSSR count). The van der Waals surface area contributed by atoms with Crippen LogP contribution in [-0.4, -0.2) is 24.5 Å². The predicted molar refractivity (Wildman–Crippen MR) is 110 cm³/mol. The second-order valence-corrected chi connectivity index (χ2v) is 6.23. The minimum absolute atomic E-state index is 0.170. The minimum Gasteiger partial charge on any atom is -0.490 e. The van der Waals surface area contributed by atoms with Crippen LogP contribution in [0.1, 0.15) is 25.0 Å². The van der Waals surface area contributed by atoms with E-state index in [1.54, 1.807) is 30.5 Å². The van der Waals surface area contributed by atoms with Crippen LogP contribution in [0.3, 0.4) is 0 Å². The van der Waals surface area contributed by atoms with Crippen LogP contribution in [0.15, 0.2) is 41.5 Å². The smallest absolute Gasteiger partial charge is 0.186 e. The van der Waals surface area contributed by atoms with Crippen molar-refractivity contribution in [3.8, 4) is 11.5 Å². The van der Waals surface area contributed by atoms with E-state index in [0.717, 1.165) is 0 Å². The first-order chi connectivity index (χ1) is 13.0. The largest absolute Gasteiger partial charge is 0.490 e. The Balaban J connectivity index is 2.15. The fourth-order valence-corrected chi connectivity index (χ4v) is 2.68. The van der Waals surface area contributed by atoms with Gasteiger partial charge in [-0.1, -0.05) is 23.7 Å². The number of benzene rings is 2. The highest BCUT2D eigenvalue weighted by molar-refractivity contribution is 7.80. The summed E-state index contributed by atoms with van der Waals surface area (Å²) >= 11 is 11.4. The van der Waals surface area contributed by atoms with Crippen molar-refractivity contribution >= 4 is 35.1 Å². The van der Waals surface area contributed by atoms with Gasteiger partial charge in [0.2, 0.25) is 0 Å². The van der Waals surface area contributed by atoms with Gasteiger partial charge in [0.25, 0.3) is 0 Å². The molecule has 0 aliphatic carbocycles. The summed E-state index contributed by atoms with van der Waals surface area (Å²) in [4.78, 5) is 0. The maximum atomic E-state index is 13.3. The molecule has 27 heavy (non-hydrogen) atoms. The topological polar surface area (TPSA) is 54.9 Å². The molecule has 0 spiro atoms. The van der Waals surface area contributed by atoms with Gasteiger partial charge in [0.1, 0.15) is 12.4 Å². The summed E-state index contributed by atoms with van der Waals surface area (Å²) < 4.78 is 24.7. The van der Waals surface area contributed by atoms with Gasteiger partial charge in [0, 0.05) is 6.54 Å². The van der Waals surface area contributed by atoms with Crippen molar-refractivity contribution in [1.82, 2.24) is 10.7 Å². The zero-order chi connectivity index (χ0) is 19.6. The Morgan fingerprint density at radius 2 is 2.07 bits per heavy atom. The van der Waals surface area contributed by atoms with E-state index in [2.05, 4.69) is 15.8 Å². The van der Waals surface area contributed by atoms with E-state index in [9.17, 15) is 4.39 Å². The van der Waals surface area contributed by atoms with E-state index < -0.39 is 0 Å². The van der Waals surface area contributed by atoms with Crippen LogP contribution < -0.4 is 20.2 Å². The lowest BCUT2D eigenvalue weighted by molar-refractivity contribution is 0.269. The third-order valence-corrected chi connectivity index (χ3v) is 3.84. The molecule has 0 aliphatic rings. The van der Waals surface area contributed by atoms with E-state index >= 15 is 0 Å². The van der Waals surface area contributed by atoms with Crippen molar-refractivity contribution < 1.29 is 13.9 Å². The second kappa shape index (κ2) is 10.7. The van der Waals surface area contributed by atoms with E-state index in [-0.39, 0.29) is 12.4 Å². The molecule has 0 unspecified atom stereocenters. The number of hydrogen-bond donors (Lipinski definition) is 2. The molecule has 8 heteroatoms. The monoisotopic (exact) mass is 409 g/mol. The lowest BCUT2D eigenvalue weighted by Gasteiger charge is -2.14. The molecule has 0 radical (unpaired) electrons. The number of nitrogens with one attached hydrogen (secondary N) is 2. The van der Waals surface area contributed by atoms with Crippen LogP contribution in [0.25, 0.3) is 0 Å². The van der Waals surface area contributed by atoms with Crippen LogP contribution in [0, 0.1) is 5.82 Å². The standard InChI is InChI=1S/C19H21ClFN3O2S/c1-3-22-19(27)24-23-11-14-9-16(20)18(17(10-14)25-4-2)26-12-13-6-5-7-15(21)8-13/h5-11H,3-4,12H2,1-2H3,(H2,22,24,27). The van der Waals surface area contributed by atoms with Crippen molar-refractivity contribution in [3.05, 3.63) is 58.4 Å². The average molecular weight is 410 g/mol. The first-order valence-electron chi connectivity index (χ1n) is 8.44. The highest BCUT2D eigenvalue weighted by Crippen LogP contribution is 2.37. The molecular formula is C19H21ClFN3O2S. The van der Waals surface area contributed by atoms with Crippen LogP contribution in [0.4, 0.5) is 4.39 Å². The van der Waals surface area contributed by atoms with Gasteiger partial charge in [-0.15, -0.1) is 0 Å². The van der Waals surface area contributed by atoms with E-state index in [1.165, 1.54) is 12.1 Å². The highest BCUT2D eigenvalue weighted by atomic mass is 35.5.